The van der Waals surface area contributed by atoms with E-state index in [0.29, 0.717) is 5.56 Å². The Morgan fingerprint density at radius 1 is 1.03 bits per heavy atom. The van der Waals surface area contributed by atoms with Crippen LogP contribution in [0.4, 0.5) is 0 Å². The Labute approximate surface area is 174 Å². The van der Waals surface area contributed by atoms with Gasteiger partial charge in [-0.3, -0.25) is 4.57 Å². The van der Waals surface area contributed by atoms with E-state index in [9.17, 15) is 9.90 Å². The van der Waals surface area contributed by atoms with Gasteiger partial charge in [0.05, 0.1) is 22.7 Å². The summed E-state index contributed by atoms with van der Waals surface area (Å²) < 4.78 is 7.74. The zero-order valence-electron chi connectivity index (χ0n) is 16.8. The molecule has 0 amide bonds. The van der Waals surface area contributed by atoms with Crippen molar-refractivity contribution in [2.75, 3.05) is 0 Å². The first kappa shape index (κ1) is 19.5. The fourth-order valence-electron chi connectivity index (χ4n) is 3.32. The van der Waals surface area contributed by atoms with Crippen LogP contribution in [0.5, 0.6) is 5.75 Å². The van der Waals surface area contributed by atoms with E-state index in [4.69, 9.17) is 4.74 Å². The summed E-state index contributed by atoms with van der Waals surface area (Å²) in [5, 5.41) is 9.32. The minimum Gasteiger partial charge on any atom is -0.491 e. The average Bonchev–Trinajstić information content (AvgIpc) is 3.16. The Morgan fingerprint density at radius 3 is 2.53 bits per heavy atom. The highest BCUT2D eigenvalue weighted by Crippen LogP contribution is 2.23. The number of fused-ring (bicyclic) bond motifs is 1. The van der Waals surface area contributed by atoms with Crippen LogP contribution in [0.15, 0.2) is 73.1 Å². The molecule has 0 spiro atoms. The second-order valence-electron chi connectivity index (χ2n) is 7.25. The van der Waals surface area contributed by atoms with Crippen LogP contribution in [0.2, 0.25) is 0 Å². The Morgan fingerprint density at radius 2 is 1.80 bits per heavy atom. The zero-order valence-corrected chi connectivity index (χ0v) is 16.8. The molecule has 0 bridgehead atoms. The van der Waals surface area contributed by atoms with Crippen LogP contribution in [-0.4, -0.2) is 26.7 Å². The van der Waals surface area contributed by atoms with E-state index < -0.39 is 5.97 Å². The van der Waals surface area contributed by atoms with Crippen molar-refractivity contribution in [2.24, 2.45) is 0 Å². The van der Waals surface area contributed by atoms with E-state index in [-0.39, 0.29) is 11.7 Å². The van der Waals surface area contributed by atoms with Gasteiger partial charge in [-0.25, -0.2) is 9.78 Å². The molecule has 0 unspecified atom stereocenters. The number of hydrogen-bond donors (Lipinski definition) is 1. The van der Waals surface area contributed by atoms with Gasteiger partial charge in [-0.2, -0.15) is 0 Å². The van der Waals surface area contributed by atoms with Crippen molar-refractivity contribution in [3.63, 3.8) is 0 Å². The van der Waals surface area contributed by atoms with Crippen LogP contribution < -0.4 is 4.74 Å². The van der Waals surface area contributed by atoms with Gasteiger partial charge < -0.3 is 9.84 Å². The fraction of sp³-hybridized carbons (Fsp3) is 0.120. The minimum absolute atomic E-state index is 0.138. The summed E-state index contributed by atoms with van der Waals surface area (Å²) in [5.41, 5.74) is 4.77. The van der Waals surface area contributed by atoms with Crippen LogP contribution in [0.3, 0.4) is 0 Å². The summed E-state index contributed by atoms with van der Waals surface area (Å²) in [6, 6.07) is 20.9. The topological polar surface area (TPSA) is 64.4 Å². The van der Waals surface area contributed by atoms with Crippen LogP contribution in [0.25, 0.3) is 28.9 Å². The summed E-state index contributed by atoms with van der Waals surface area (Å²) >= 11 is 0. The number of benzene rings is 3. The van der Waals surface area contributed by atoms with E-state index in [2.05, 4.69) is 4.98 Å². The summed E-state index contributed by atoms with van der Waals surface area (Å²) in [6.45, 7) is 4.01. The smallest absolute Gasteiger partial charge is 0.336 e. The third-order valence-corrected chi connectivity index (χ3v) is 4.70. The van der Waals surface area contributed by atoms with Gasteiger partial charge in [0.15, 0.2) is 0 Å². The Bertz CT molecular complexity index is 1220. The van der Waals surface area contributed by atoms with Crippen molar-refractivity contribution < 1.29 is 14.6 Å². The van der Waals surface area contributed by atoms with Crippen LogP contribution in [-0.2, 0) is 0 Å². The predicted octanol–water partition coefficient (Wildman–Crippen LogP) is 5.68. The van der Waals surface area contributed by atoms with Gasteiger partial charge in [0.25, 0.3) is 0 Å². The molecule has 1 heterocycles. The lowest BCUT2D eigenvalue weighted by molar-refractivity contribution is 0.0696. The highest BCUT2D eigenvalue weighted by atomic mass is 16.5. The van der Waals surface area contributed by atoms with Crippen LogP contribution in [0.1, 0.15) is 35.3 Å². The standard InChI is InChI=1S/C25H22N2O3/c1-17(2)30-21-12-10-20(11-13-21)27-16-26-23-15-18(8-14-24(23)27)7-9-19-5-3-4-6-22(19)25(28)29/h3-17H,1-2H3,(H,28,29). The Balaban J connectivity index is 1.61. The molecule has 3 aromatic carbocycles. The first-order valence-electron chi connectivity index (χ1n) is 9.76. The summed E-state index contributed by atoms with van der Waals surface area (Å²) in [4.78, 5) is 15.9. The number of carboxylic acids is 1. The molecule has 0 aliphatic heterocycles. The second kappa shape index (κ2) is 8.25. The number of rotatable bonds is 6. The number of imidazole rings is 1. The molecule has 150 valence electrons. The van der Waals surface area contributed by atoms with Gasteiger partial charge in [-0.15, -0.1) is 0 Å². The van der Waals surface area contributed by atoms with Gasteiger partial charge >= 0.3 is 5.97 Å². The molecule has 1 aromatic heterocycles. The van der Waals surface area contributed by atoms with Gasteiger partial charge in [-0.05, 0) is 67.4 Å². The monoisotopic (exact) mass is 398 g/mol. The first-order valence-corrected chi connectivity index (χ1v) is 9.76. The molecule has 4 rings (SSSR count). The molecular weight excluding hydrogens is 376 g/mol. The molecule has 30 heavy (non-hydrogen) atoms. The summed E-state index contributed by atoms with van der Waals surface area (Å²) in [6.07, 6.45) is 5.66. The zero-order chi connectivity index (χ0) is 21.1. The van der Waals surface area contributed by atoms with E-state index in [0.717, 1.165) is 28.0 Å². The number of nitrogens with zero attached hydrogens (tertiary/aromatic N) is 2. The first-order chi connectivity index (χ1) is 14.5. The number of carboxylic acid groups (broad SMARTS) is 1. The average molecular weight is 398 g/mol. The van der Waals surface area contributed by atoms with E-state index >= 15 is 0 Å². The SMILES string of the molecule is CC(C)Oc1ccc(-n2cnc3cc(C=Cc4ccccc4C(=O)O)ccc32)cc1. The number of carbonyl (C=O) groups is 1. The molecule has 5 heteroatoms. The molecule has 0 saturated heterocycles. The predicted molar refractivity (Wildman–Crippen MR) is 119 cm³/mol. The molecule has 0 aliphatic carbocycles. The number of aromatic carboxylic acids is 1. The Hall–Kier alpha value is -3.86. The molecule has 0 aliphatic rings. The maximum Gasteiger partial charge on any atom is 0.336 e. The lowest BCUT2D eigenvalue weighted by Gasteiger charge is -2.10. The van der Waals surface area contributed by atoms with Gasteiger partial charge in [-0.1, -0.05) is 36.4 Å². The quantitative estimate of drug-likeness (QED) is 0.424. The van der Waals surface area contributed by atoms with Crippen molar-refractivity contribution in [1.29, 1.82) is 0 Å². The largest absolute Gasteiger partial charge is 0.491 e. The number of ether oxygens (including phenoxy) is 1. The summed E-state index contributed by atoms with van der Waals surface area (Å²) in [5.74, 6) is -0.0958. The van der Waals surface area contributed by atoms with Gasteiger partial charge in [0, 0.05) is 5.69 Å². The Kier molecular flexibility index (Phi) is 5.35. The molecule has 0 fully saturated rings. The van der Waals surface area contributed by atoms with Crippen molar-refractivity contribution in [2.45, 2.75) is 20.0 Å². The second-order valence-corrected chi connectivity index (χ2v) is 7.25. The van der Waals surface area contributed by atoms with Gasteiger partial charge in [0.1, 0.15) is 12.1 Å². The van der Waals surface area contributed by atoms with Crippen molar-refractivity contribution in [1.82, 2.24) is 9.55 Å². The maximum atomic E-state index is 11.4. The van der Waals surface area contributed by atoms with Crippen LogP contribution in [0, 0.1) is 0 Å². The molecule has 0 atom stereocenters. The minimum atomic E-state index is -0.936. The molecular formula is C25H22N2O3. The van der Waals surface area contributed by atoms with E-state index in [1.165, 1.54) is 0 Å². The molecule has 5 nitrogen and oxygen atoms in total. The molecule has 4 aromatic rings. The fourth-order valence-corrected chi connectivity index (χ4v) is 3.32. The van der Waals surface area contributed by atoms with Crippen molar-refractivity contribution in [3.05, 3.63) is 89.7 Å². The van der Waals surface area contributed by atoms with E-state index in [1.54, 1.807) is 24.5 Å². The number of aromatic nitrogens is 2. The summed E-state index contributed by atoms with van der Waals surface area (Å²) in [7, 11) is 0. The van der Waals surface area contributed by atoms with Crippen molar-refractivity contribution in [3.8, 4) is 11.4 Å². The third-order valence-electron chi connectivity index (χ3n) is 4.70. The normalized spacial score (nSPS) is 11.4. The number of hydrogen-bond acceptors (Lipinski definition) is 3. The van der Waals surface area contributed by atoms with Crippen molar-refractivity contribution >= 4 is 29.2 Å². The lowest BCUT2D eigenvalue weighted by atomic mass is 10.1. The van der Waals surface area contributed by atoms with E-state index in [1.807, 2.05) is 79.1 Å². The van der Waals surface area contributed by atoms with Crippen LogP contribution >= 0.6 is 0 Å². The third kappa shape index (κ3) is 4.10. The molecule has 1 N–H and O–H groups in total. The molecule has 0 radical (unpaired) electrons. The lowest BCUT2D eigenvalue weighted by Crippen LogP contribution is -2.05. The molecule has 0 saturated carbocycles. The maximum absolute atomic E-state index is 11.4. The highest BCUT2D eigenvalue weighted by molar-refractivity contribution is 5.93. The highest BCUT2D eigenvalue weighted by Gasteiger charge is 2.08. The van der Waals surface area contributed by atoms with Gasteiger partial charge in [0.2, 0.25) is 0 Å².